The van der Waals surface area contributed by atoms with E-state index in [1.165, 1.54) is 12.5 Å². The Kier molecular flexibility index (Phi) is 4.58. The van der Waals surface area contributed by atoms with E-state index in [0.29, 0.717) is 31.5 Å². The second kappa shape index (κ2) is 7.39. The Labute approximate surface area is 168 Å². The van der Waals surface area contributed by atoms with Crippen LogP contribution in [0.2, 0.25) is 0 Å². The van der Waals surface area contributed by atoms with Gasteiger partial charge in [0.25, 0.3) is 5.91 Å². The minimum atomic E-state index is -0.0339. The predicted octanol–water partition coefficient (Wildman–Crippen LogP) is 3.37. The van der Waals surface area contributed by atoms with Gasteiger partial charge in [-0.25, -0.2) is 4.98 Å². The summed E-state index contributed by atoms with van der Waals surface area (Å²) in [4.78, 5) is 37.7. The lowest BCUT2D eigenvalue weighted by Crippen LogP contribution is -2.44. The summed E-state index contributed by atoms with van der Waals surface area (Å²) in [5, 5.41) is 0. The number of para-hydroxylation sites is 2. The number of nitrogens with zero attached hydrogens (tertiary/aromatic N) is 3. The number of nitrogens with one attached hydrogen (secondary N) is 1. The highest BCUT2D eigenvalue weighted by Gasteiger charge is 2.37. The summed E-state index contributed by atoms with van der Waals surface area (Å²) < 4.78 is 5.01. The van der Waals surface area contributed by atoms with E-state index in [9.17, 15) is 9.59 Å². The standard InChI is InChI=1S/C22H24N4O3/c27-21(16-9-13-29-14-16)25-11-7-15(8-12-25)22(28)26-10-3-6-19(26)20-23-17-4-1-2-5-18(17)24-20/h1-2,4-5,9,13-15,19H,3,6-8,10-12H2,(H,23,24). The van der Waals surface area contributed by atoms with Crippen LogP contribution >= 0.6 is 0 Å². The van der Waals surface area contributed by atoms with Crippen LogP contribution in [-0.2, 0) is 4.79 Å². The Morgan fingerprint density at radius 2 is 1.90 bits per heavy atom. The predicted molar refractivity (Wildman–Crippen MR) is 107 cm³/mol. The van der Waals surface area contributed by atoms with Gasteiger partial charge in [0.1, 0.15) is 12.1 Å². The third kappa shape index (κ3) is 3.30. The molecule has 0 saturated carbocycles. The number of amides is 2. The zero-order valence-corrected chi connectivity index (χ0v) is 16.2. The summed E-state index contributed by atoms with van der Waals surface area (Å²) in [6, 6.07) is 9.66. The Hall–Kier alpha value is -3.09. The number of benzene rings is 1. The van der Waals surface area contributed by atoms with Crippen molar-refractivity contribution >= 4 is 22.8 Å². The van der Waals surface area contributed by atoms with Crippen molar-refractivity contribution in [3.05, 3.63) is 54.2 Å². The van der Waals surface area contributed by atoms with Crippen LogP contribution in [0.3, 0.4) is 0 Å². The number of rotatable bonds is 3. The summed E-state index contributed by atoms with van der Waals surface area (Å²) in [6.07, 6.45) is 6.31. The molecule has 5 rings (SSSR count). The number of carbonyl (C=O) groups excluding carboxylic acids is 2. The molecule has 2 aliphatic rings. The van der Waals surface area contributed by atoms with Crippen molar-refractivity contribution in [2.45, 2.75) is 31.7 Å². The van der Waals surface area contributed by atoms with Gasteiger partial charge in [-0.1, -0.05) is 12.1 Å². The number of hydrogen-bond donors (Lipinski definition) is 1. The molecule has 1 unspecified atom stereocenters. The van der Waals surface area contributed by atoms with Crippen LogP contribution in [0.4, 0.5) is 0 Å². The van der Waals surface area contributed by atoms with Gasteiger partial charge >= 0.3 is 0 Å². The van der Waals surface area contributed by atoms with Gasteiger partial charge in [0.05, 0.1) is 28.9 Å². The fourth-order valence-corrected chi connectivity index (χ4v) is 4.58. The lowest BCUT2D eigenvalue weighted by atomic mass is 9.94. The van der Waals surface area contributed by atoms with Crippen molar-refractivity contribution in [3.8, 4) is 0 Å². The average Bonchev–Trinajstić information content (AvgIpc) is 3.52. The van der Waals surface area contributed by atoms with Crippen LogP contribution in [0.15, 0.2) is 47.3 Å². The number of carbonyl (C=O) groups is 2. The molecule has 3 aromatic rings. The Balaban J connectivity index is 1.26. The van der Waals surface area contributed by atoms with Crippen molar-refractivity contribution in [1.82, 2.24) is 19.8 Å². The molecule has 2 amide bonds. The maximum Gasteiger partial charge on any atom is 0.257 e. The van der Waals surface area contributed by atoms with Gasteiger partial charge in [-0.2, -0.15) is 0 Å². The third-order valence-electron chi connectivity index (χ3n) is 6.16. The number of hydrogen-bond acceptors (Lipinski definition) is 4. The molecular weight excluding hydrogens is 368 g/mol. The number of piperidine rings is 1. The van der Waals surface area contributed by atoms with E-state index in [4.69, 9.17) is 9.40 Å². The van der Waals surface area contributed by atoms with E-state index in [2.05, 4.69) is 4.98 Å². The first-order valence-corrected chi connectivity index (χ1v) is 10.3. The minimum absolute atomic E-state index is 0.0143. The van der Waals surface area contributed by atoms with E-state index in [1.807, 2.05) is 34.1 Å². The smallest absolute Gasteiger partial charge is 0.257 e. The topological polar surface area (TPSA) is 82.4 Å². The van der Waals surface area contributed by atoms with E-state index in [0.717, 1.165) is 36.2 Å². The highest BCUT2D eigenvalue weighted by atomic mass is 16.3. The van der Waals surface area contributed by atoms with Crippen LogP contribution < -0.4 is 0 Å². The Morgan fingerprint density at radius 1 is 1.07 bits per heavy atom. The zero-order valence-electron chi connectivity index (χ0n) is 16.2. The maximum atomic E-state index is 13.3. The maximum absolute atomic E-state index is 13.3. The van der Waals surface area contributed by atoms with E-state index >= 15 is 0 Å². The van der Waals surface area contributed by atoms with Crippen LogP contribution in [0.5, 0.6) is 0 Å². The zero-order chi connectivity index (χ0) is 19.8. The second-order valence-corrected chi connectivity index (χ2v) is 7.91. The summed E-state index contributed by atoms with van der Waals surface area (Å²) >= 11 is 0. The summed E-state index contributed by atoms with van der Waals surface area (Å²) in [6.45, 7) is 1.97. The number of aromatic nitrogens is 2. The second-order valence-electron chi connectivity index (χ2n) is 7.91. The minimum Gasteiger partial charge on any atom is -0.472 e. The molecule has 29 heavy (non-hydrogen) atoms. The van der Waals surface area contributed by atoms with Crippen molar-refractivity contribution < 1.29 is 14.0 Å². The van der Waals surface area contributed by atoms with Crippen molar-refractivity contribution in [3.63, 3.8) is 0 Å². The molecule has 4 heterocycles. The highest BCUT2D eigenvalue weighted by molar-refractivity contribution is 5.94. The molecule has 2 aromatic heterocycles. The van der Waals surface area contributed by atoms with Crippen molar-refractivity contribution in [2.75, 3.05) is 19.6 Å². The van der Waals surface area contributed by atoms with Crippen LogP contribution in [0.1, 0.15) is 47.9 Å². The third-order valence-corrected chi connectivity index (χ3v) is 6.16. The van der Waals surface area contributed by atoms with Gasteiger partial charge in [0.2, 0.25) is 5.91 Å². The van der Waals surface area contributed by atoms with Gasteiger partial charge in [0.15, 0.2) is 0 Å². The first-order chi connectivity index (χ1) is 14.2. The fraction of sp³-hybridized carbons (Fsp3) is 0.409. The molecule has 2 fully saturated rings. The first-order valence-electron chi connectivity index (χ1n) is 10.3. The molecular formula is C22H24N4O3. The summed E-state index contributed by atoms with van der Waals surface area (Å²) in [7, 11) is 0. The molecule has 1 N–H and O–H groups in total. The van der Waals surface area contributed by atoms with Gasteiger partial charge < -0.3 is 19.2 Å². The number of H-pyrrole nitrogens is 1. The number of aromatic amines is 1. The Bertz CT molecular complexity index is 985. The first kappa shape index (κ1) is 18.0. The lowest BCUT2D eigenvalue weighted by Gasteiger charge is -2.34. The van der Waals surface area contributed by atoms with Crippen LogP contribution in [0, 0.1) is 5.92 Å². The number of furan rings is 1. The lowest BCUT2D eigenvalue weighted by molar-refractivity contribution is -0.138. The number of likely N-dealkylation sites (tertiary alicyclic amines) is 2. The largest absolute Gasteiger partial charge is 0.472 e. The average molecular weight is 392 g/mol. The SMILES string of the molecule is O=C(c1ccoc1)N1CCC(C(=O)N2CCCC2c2nc3ccccc3[nH]2)CC1. The fourth-order valence-electron chi connectivity index (χ4n) is 4.58. The van der Waals surface area contributed by atoms with E-state index in [1.54, 1.807) is 6.07 Å². The molecule has 1 atom stereocenters. The normalized spacial score (nSPS) is 20.5. The molecule has 7 heteroatoms. The molecule has 2 saturated heterocycles. The molecule has 0 radical (unpaired) electrons. The number of fused-ring (bicyclic) bond motifs is 1. The van der Waals surface area contributed by atoms with Gasteiger partial charge in [0, 0.05) is 25.6 Å². The van der Waals surface area contributed by atoms with Crippen molar-refractivity contribution in [1.29, 1.82) is 0 Å². The quantitative estimate of drug-likeness (QED) is 0.741. The monoisotopic (exact) mass is 392 g/mol. The molecule has 7 nitrogen and oxygen atoms in total. The molecule has 150 valence electrons. The van der Waals surface area contributed by atoms with Gasteiger partial charge in [-0.05, 0) is 43.9 Å². The van der Waals surface area contributed by atoms with Crippen molar-refractivity contribution in [2.24, 2.45) is 5.92 Å². The van der Waals surface area contributed by atoms with Gasteiger partial charge in [-0.15, -0.1) is 0 Å². The van der Waals surface area contributed by atoms with E-state index < -0.39 is 0 Å². The van der Waals surface area contributed by atoms with Crippen LogP contribution in [-0.4, -0.2) is 51.2 Å². The molecule has 0 aliphatic carbocycles. The highest BCUT2D eigenvalue weighted by Crippen LogP contribution is 2.34. The summed E-state index contributed by atoms with van der Waals surface area (Å²) in [5.74, 6) is 1.02. The number of imidazole rings is 1. The Morgan fingerprint density at radius 3 is 2.66 bits per heavy atom. The van der Waals surface area contributed by atoms with E-state index in [-0.39, 0.29) is 23.8 Å². The summed E-state index contributed by atoms with van der Waals surface area (Å²) in [5.41, 5.74) is 2.51. The molecule has 1 aromatic carbocycles. The molecule has 0 bridgehead atoms. The molecule has 0 spiro atoms. The van der Waals surface area contributed by atoms with Crippen LogP contribution in [0.25, 0.3) is 11.0 Å². The van der Waals surface area contributed by atoms with Gasteiger partial charge in [-0.3, -0.25) is 9.59 Å². The molecule has 2 aliphatic heterocycles.